The Kier molecular flexibility index (Phi) is 4.78. The number of fused-ring (bicyclic) bond motifs is 1. The summed E-state index contributed by atoms with van der Waals surface area (Å²) >= 11 is 0. The first-order valence-electron chi connectivity index (χ1n) is 8.15. The first-order valence-corrected chi connectivity index (χ1v) is 8.15. The van der Waals surface area contributed by atoms with Crippen molar-refractivity contribution in [1.29, 1.82) is 0 Å². The molecule has 0 aromatic rings. The second kappa shape index (κ2) is 6.05. The molecular weight excluding hydrogens is 252 g/mol. The lowest BCUT2D eigenvalue weighted by Gasteiger charge is -2.33. The van der Waals surface area contributed by atoms with E-state index in [9.17, 15) is 4.79 Å². The lowest BCUT2D eigenvalue weighted by atomic mass is 9.73. The minimum Gasteiger partial charge on any atom is -0.465 e. The van der Waals surface area contributed by atoms with E-state index in [2.05, 4.69) is 34.6 Å². The molecule has 116 valence electrons. The molecule has 2 aliphatic rings. The highest BCUT2D eigenvalue weighted by Gasteiger charge is 2.44. The van der Waals surface area contributed by atoms with E-state index in [-0.39, 0.29) is 11.4 Å². The molecule has 1 heterocycles. The topological polar surface area (TPSA) is 38.8 Å². The maximum Gasteiger partial charge on any atom is 0.312 e. The zero-order chi connectivity index (χ0) is 14.9. The number of carbonyl (C=O) groups excluding carboxylic acids is 1. The lowest BCUT2D eigenvalue weighted by molar-refractivity contribution is -0.160. The van der Waals surface area contributed by atoms with Crippen LogP contribution in [0.25, 0.3) is 0 Å². The molecule has 1 saturated carbocycles. The van der Waals surface area contributed by atoms with Crippen LogP contribution in [-0.4, -0.2) is 24.8 Å². The van der Waals surface area contributed by atoms with Crippen molar-refractivity contribution in [2.24, 2.45) is 23.2 Å². The summed E-state index contributed by atoms with van der Waals surface area (Å²) in [7, 11) is 0. The Hall–Kier alpha value is -0.570. The van der Waals surface area contributed by atoms with E-state index in [0.29, 0.717) is 36.6 Å². The summed E-state index contributed by atoms with van der Waals surface area (Å²) in [5.41, 5.74) is -0.360. The molecule has 0 amide bonds. The van der Waals surface area contributed by atoms with Crippen molar-refractivity contribution >= 4 is 5.97 Å². The van der Waals surface area contributed by atoms with Gasteiger partial charge in [-0.05, 0) is 50.4 Å². The highest BCUT2D eigenvalue weighted by Crippen LogP contribution is 2.40. The van der Waals surface area contributed by atoms with Gasteiger partial charge in [0.15, 0.2) is 0 Å². The molecule has 4 atom stereocenters. The van der Waals surface area contributed by atoms with Gasteiger partial charge in [-0.25, -0.2) is 0 Å². The van der Waals surface area contributed by atoms with Crippen LogP contribution in [0.4, 0.5) is 0 Å². The number of ether oxygens (including phenoxy) is 2. The van der Waals surface area contributed by atoms with Crippen LogP contribution in [-0.2, 0) is 14.3 Å². The van der Waals surface area contributed by atoms with Gasteiger partial charge in [-0.2, -0.15) is 0 Å². The minimum atomic E-state index is -0.360. The fourth-order valence-electron chi connectivity index (χ4n) is 3.40. The lowest BCUT2D eigenvalue weighted by Crippen LogP contribution is -2.37. The first kappa shape index (κ1) is 15.8. The molecule has 1 aliphatic heterocycles. The molecule has 0 spiro atoms. The summed E-state index contributed by atoms with van der Waals surface area (Å²) in [6, 6.07) is 0. The highest BCUT2D eigenvalue weighted by molar-refractivity contribution is 5.76. The standard InChI is InChI=1S/C17H30O3/c1-11(2)9-17(5,12(3)4)16(18)19-10-13-6-7-14-15(8-13)20-14/h11-15H,6-10H2,1-5H3. The second-order valence-corrected chi connectivity index (χ2v) is 7.66. The molecule has 3 nitrogen and oxygen atoms in total. The van der Waals surface area contributed by atoms with Crippen LogP contribution in [0.1, 0.15) is 60.3 Å². The normalized spacial score (nSPS) is 31.9. The third kappa shape index (κ3) is 3.55. The van der Waals surface area contributed by atoms with Gasteiger partial charge in [0.25, 0.3) is 0 Å². The van der Waals surface area contributed by atoms with Crippen molar-refractivity contribution in [2.45, 2.75) is 72.5 Å². The Morgan fingerprint density at radius 3 is 2.50 bits per heavy atom. The molecule has 0 aromatic heterocycles. The zero-order valence-electron chi connectivity index (χ0n) is 13.6. The maximum absolute atomic E-state index is 12.5. The molecule has 0 bridgehead atoms. The van der Waals surface area contributed by atoms with Gasteiger partial charge in [0, 0.05) is 0 Å². The van der Waals surface area contributed by atoms with Crippen molar-refractivity contribution in [3.8, 4) is 0 Å². The number of rotatable bonds is 6. The zero-order valence-corrected chi connectivity index (χ0v) is 13.6. The van der Waals surface area contributed by atoms with E-state index in [1.165, 1.54) is 0 Å². The number of hydrogen-bond donors (Lipinski definition) is 0. The van der Waals surface area contributed by atoms with Crippen molar-refractivity contribution in [1.82, 2.24) is 0 Å². The van der Waals surface area contributed by atoms with Crippen LogP contribution >= 0.6 is 0 Å². The molecule has 1 aliphatic carbocycles. The summed E-state index contributed by atoms with van der Waals surface area (Å²) in [5, 5.41) is 0. The van der Waals surface area contributed by atoms with Gasteiger partial charge in [0.1, 0.15) is 0 Å². The Bertz CT molecular complexity index is 350. The number of carbonyl (C=O) groups is 1. The number of esters is 1. The highest BCUT2D eigenvalue weighted by atomic mass is 16.6. The van der Waals surface area contributed by atoms with Gasteiger partial charge in [0.2, 0.25) is 0 Å². The van der Waals surface area contributed by atoms with E-state index in [4.69, 9.17) is 9.47 Å². The van der Waals surface area contributed by atoms with Gasteiger partial charge in [-0.1, -0.05) is 27.7 Å². The maximum atomic E-state index is 12.5. The average molecular weight is 282 g/mol. The van der Waals surface area contributed by atoms with Crippen molar-refractivity contribution in [2.75, 3.05) is 6.61 Å². The largest absolute Gasteiger partial charge is 0.465 e. The Morgan fingerprint density at radius 2 is 1.95 bits per heavy atom. The quantitative estimate of drug-likeness (QED) is 0.549. The van der Waals surface area contributed by atoms with Crippen LogP contribution < -0.4 is 0 Å². The van der Waals surface area contributed by atoms with E-state index in [0.717, 1.165) is 25.7 Å². The summed E-state index contributed by atoms with van der Waals surface area (Å²) in [6.45, 7) is 11.2. The third-order valence-corrected chi connectivity index (χ3v) is 5.14. The van der Waals surface area contributed by atoms with Crippen LogP contribution in [0.15, 0.2) is 0 Å². The molecule has 3 heteroatoms. The Morgan fingerprint density at radius 1 is 1.25 bits per heavy atom. The van der Waals surface area contributed by atoms with Gasteiger partial charge >= 0.3 is 5.97 Å². The summed E-state index contributed by atoms with van der Waals surface area (Å²) < 4.78 is 11.2. The minimum absolute atomic E-state index is 0.0139. The SMILES string of the molecule is CC(C)CC(C)(C(=O)OCC1CCC2OC2C1)C(C)C. The van der Waals surface area contributed by atoms with Crippen molar-refractivity contribution < 1.29 is 14.3 Å². The van der Waals surface area contributed by atoms with E-state index >= 15 is 0 Å². The monoisotopic (exact) mass is 282 g/mol. The van der Waals surface area contributed by atoms with Gasteiger partial charge < -0.3 is 9.47 Å². The second-order valence-electron chi connectivity index (χ2n) is 7.66. The summed E-state index contributed by atoms with van der Waals surface area (Å²) in [4.78, 5) is 12.5. The van der Waals surface area contributed by atoms with Gasteiger partial charge in [-0.15, -0.1) is 0 Å². The molecule has 0 N–H and O–H groups in total. The molecule has 2 rings (SSSR count). The molecule has 1 saturated heterocycles. The molecule has 2 fully saturated rings. The van der Waals surface area contributed by atoms with Crippen LogP contribution in [0.5, 0.6) is 0 Å². The fraction of sp³-hybridized carbons (Fsp3) is 0.941. The molecule has 4 unspecified atom stereocenters. The molecule has 0 aromatic carbocycles. The predicted molar refractivity (Wildman–Crippen MR) is 79.4 cm³/mol. The van der Waals surface area contributed by atoms with E-state index in [1.54, 1.807) is 0 Å². The van der Waals surface area contributed by atoms with Crippen molar-refractivity contribution in [3.05, 3.63) is 0 Å². The molecular formula is C17H30O3. The Labute approximate surface area is 123 Å². The number of epoxide rings is 1. The average Bonchev–Trinajstić information content (AvgIpc) is 3.12. The predicted octanol–water partition coefficient (Wildman–Crippen LogP) is 3.81. The van der Waals surface area contributed by atoms with Gasteiger partial charge in [-0.3, -0.25) is 4.79 Å². The van der Waals surface area contributed by atoms with E-state index < -0.39 is 0 Å². The van der Waals surface area contributed by atoms with Gasteiger partial charge in [0.05, 0.1) is 24.2 Å². The van der Waals surface area contributed by atoms with Crippen LogP contribution in [0.3, 0.4) is 0 Å². The smallest absolute Gasteiger partial charge is 0.312 e. The molecule has 20 heavy (non-hydrogen) atoms. The first-order chi connectivity index (χ1) is 9.33. The molecule has 0 radical (unpaired) electrons. The van der Waals surface area contributed by atoms with Crippen LogP contribution in [0.2, 0.25) is 0 Å². The number of hydrogen-bond acceptors (Lipinski definition) is 3. The Balaban J connectivity index is 1.84. The summed E-state index contributed by atoms with van der Waals surface area (Å²) in [5.74, 6) is 1.29. The third-order valence-electron chi connectivity index (χ3n) is 5.14. The van der Waals surface area contributed by atoms with Crippen molar-refractivity contribution in [3.63, 3.8) is 0 Å². The summed E-state index contributed by atoms with van der Waals surface area (Å²) in [6.07, 6.45) is 5.21. The van der Waals surface area contributed by atoms with Crippen LogP contribution in [0, 0.1) is 23.2 Å². The fourth-order valence-corrected chi connectivity index (χ4v) is 3.40. The van der Waals surface area contributed by atoms with E-state index in [1.807, 2.05) is 0 Å².